The van der Waals surface area contributed by atoms with Gasteiger partial charge in [0.15, 0.2) is 5.58 Å². The fraction of sp³-hybridized carbons (Fsp3) is 0.609. The monoisotopic (exact) mass is 413 g/mol. The van der Waals surface area contributed by atoms with Crippen molar-refractivity contribution in [3.8, 4) is 0 Å². The van der Waals surface area contributed by atoms with Gasteiger partial charge in [-0.3, -0.25) is 14.5 Å². The number of halogens is 1. The summed E-state index contributed by atoms with van der Waals surface area (Å²) in [5.74, 6) is 0.0445. The molecule has 7 heteroatoms. The lowest BCUT2D eigenvalue weighted by Crippen LogP contribution is -2.37. The van der Waals surface area contributed by atoms with E-state index in [0.717, 1.165) is 75.7 Å². The standard InChI is InChI=1S/C23H28FN3O3/c24-16-6-7-19-20(14-16)30-25-21(19)15-8-12-26(13-9-15)10-3-11-27-22(28)17-4-1-2-5-18(17)23(27)29/h6-7,14-15,17-18H,1-5,8-13H2/t17-,18+. The van der Waals surface area contributed by atoms with Crippen molar-refractivity contribution in [1.82, 2.24) is 15.0 Å². The Morgan fingerprint density at radius 2 is 1.70 bits per heavy atom. The van der Waals surface area contributed by atoms with Gasteiger partial charge in [-0.05, 0) is 63.9 Å². The number of benzene rings is 1. The van der Waals surface area contributed by atoms with Crippen LogP contribution in [0.3, 0.4) is 0 Å². The van der Waals surface area contributed by atoms with Gasteiger partial charge in [0.2, 0.25) is 11.8 Å². The van der Waals surface area contributed by atoms with Crippen LogP contribution in [0.4, 0.5) is 4.39 Å². The van der Waals surface area contributed by atoms with Crippen LogP contribution in [0.15, 0.2) is 22.7 Å². The van der Waals surface area contributed by atoms with Crippen LogP contribution in [0, 0.1) is 17.7 Å². The predicted molar refractivity (Wildman–Crippen MR) is 109 cm³/mol. The Balaban J connectivity index is 1.12. The molecule has 0 spiro atoms. The van der Waals surface area contributed by atoms with Crippen LogP contribution >= 0.6 is 0 Å². The Labute approximate surface area is 175 Å². The SMILES string of the molecule is O=C1[C@H]2CCCC[C@H]2C(=O)N1CCCN1CCC(c2noc3cc(F)ccc23)CC1. The van der Waals surface area contributed by atoms with Crippen molar-refractivity contribution in [2.45, 2.75) is 50.9 Å². The van der Waals surface area contributed by atoms with Gasteiger partial charge in [0.05, 0.1) is 17.5 Å². The van der Waals surface area contributed by atoms with Crippen LogP contribution in [0.5, 0.6) is 0 Å². The number of carbonyl (C=O) groups excluding carboxylic acids is 2. The summed E-state index contributed by atoms with van der Waals surface area (Å²) >= 11 is 0. The van der Waals surface area contributed by atoms with E-state index in [0.29, 0.717) is 18.0 Å². The summed E-state index contributed by atoms with van der Waals surface area (Å²) in [6.45, 7) is 3.34. The van der Waals surface area contributed by atoms with E-state index in [4.69, 9.17) is 4.52 Å². The number of aromatic nitrogens is 1. The molecule has 1 aliphatic carbocycles. The Kier molecular flexibility index (Phi) is 5.31. The van der Waals surface area contributed by atoms with Gasteiger partial charge in [-0.15, -0.1) is 0 Å². The highest BCUT2D eigenvalue weighted by molar-refractivity contribution is 6.05. The summed E-state index contributed by atoms with van der Waals surface area (Å²) in [7, 11) is 0. The number of hydrogen-bond acceptors (Lipinski definition) is 5. The molecule has 3 heterocycles. The van der Waals surface area contributed by atoms with Crippen LogP contribution < -0.4 is 0 Å². The molecule has 1 aromatic carbocycles. The van der Waals surface area contributed by atoms with Crippen LogP contribution in [0.25, 0.3) is 11.0 Å². The maximum Gasteiger partial charge on any atom is 0.233 e. The first kappa shape index (κ1) is 19.7. The van der Waals surface area contributed by atoms with Gasteiger partial charge in [0, 0.05) is 23.9 Å². The zero-order chi connectivity index (χ0) is 20.7. The van der Waals surface area contributed by atoms with Crippen molar-refractivity contribution in [2.75, 3.05) is 26.2 Å². The number of likely N-dealkylation sites (tertiary alicyclic amines) is 2. The smallest absolute Gasteiger partial charge is 0.233 e. The average Bonchev–Trinajstić information content (AvgIpc) is 3.29. The zero-order valence-corrected chi connectivity index (χ0v) is 17.2. The van der Waals surface area contributed by atoms with Gasteiger partial charge >= 0.3 is 0 Å². The first-order chi connectivity index (χ1) is 14.6. The lowest BCUT2D eigenvalue weighted by atomic mass is 9.81. The summed E-state index contributed by atoms with van der Waals surface area (Å²) in [6.07, 6.45) is 6.67. The molecule has 0 unspecified atom stereocenters. The molecule has 1 aromatic heterocycles. The lowest BCUT2D eigenvalue weighted by molar-refractivity contribution is -0.140. The van der Waals surface area contributed by atoms with Crippen LogP contribution in [0.1, 0.15) is 56.6 Å². The molecule has 0 bridgehead atoms. The lowest BCUT2D eigenvalue weighted by Gasteiger charge is -2.31. The molecule has 30 heavy (non-hydrogen) atoms. The van der Waals surface area contributed by atoms with Crippen molar-refractivity contribution < 1.29 is 18.5 Å². The molecule has 2 aromatic rings. The van der Waals surface area contributed by atoms with Crippen molar-refractivity contribution >= 4 is 22.8 Å². The zero-order valence-electron chi connectivity index (χ0n) is 17.2. The number of nitrogens with zero attached hydrogens (tertiary/aromatic N) is 3. The van der Waals surface area contributed by atoms with E-state index in [2.05, 4.69) is 10.1 Å². The number of piperidine rings is 1. The maximum atomic E-state index is 13.4. The van der Waals surface area contributed by atoms with Gasteiger partial charge in [-0.2, -0.15) is 0 Å². The molecule has 2 aliphatic heterocycles. The summed E-state index contributed by atoms with van der Waals surface area (Å²) in [4.78, 5) is 29.1. The number of rotatable bonds is 5. The summed E-state index contributed by atoms with van der Waals surface area (Å²) < 4.78 is 18.7. The predicted octanol–water partition coefficient (Wildman–Crippen LogP) is 3.71. The largest absolute Gasteiger partial charge is 0.356 e. The number of amides is 2. The molecule has 0 radical (unpaired) electrons. The number of fused-ring (bicyclic) bond motifs is 2. The second-order valence-electron chi connectivity index (χ2n) is 9.00. The quantitative estimate of drug-likeness (QED) is 0.699. The first-order valence-electron chi connectivity index (χ1n) is 11.2. The summed E-state index contributed by atoms with van der Waals surface area (Å²) in [5.41, 5.74) is 1.44. The second-order valence-corrected chi connectivity index (χ2v) is 9.00. The molecule has 2 atom stereocenters. The van der Waals surface area contributed by atoms with Crippen LogP contribution in [-0.2, 0) is 9.59 Å². The van der Waals surface area contributed by atoms with Gasteiger partial charge in [-0.25, -0.2) is 4.39 Å². The molecular weight excluding hydrogens is 385 g/mol. The minimum atomic E-state index is -0.311. The Hall–Kier alpha value is -2.28. The van der Waals surface area contributed by atoms with E-state index < -0.39 is 0 Å². The summed E-state index contributed by atoms with van der Waals surface area (Å²) in [6, 6.07) is 4.60. The van der Waals surface area contributed by atoms with Crippen LogP contribution in [0.2, 0.25) is 0 Å². The molecule has 160 valence electrons. The molecule has 2 saturated heterocycles. The number of imide groups is 1. The fourth-order valence-electron chi connectivity index (χ4n) is 5.56. The Morgan fingerprint density at radius 1 is 1.00 bits per heavy atom. The van der Waals surface area contributed by atoms with E-state index in [1.165, 1.54) is 17.0 Å². The van der Waals surface area contributed by atoms with Crippen LogP contribution in [-0.4, -0.2) is 52.9 Å². The second kappa shape index (κ2) is 8.10. The van der Waals surface area contributed by atoms with Gasteiger partial charge in [0.25, 0.3) is 0 Å². The highest BCUT2D eigenvalue weighted by Crippen LogP contribution is 2.38. The highest BCUT2D eigenvalue weighted by atomic mass is 19.1. The molecule has 6 nitrogen and oxygen atoms in total. The van der Waals surface area contributed by atoms with Gasteiger partial charge < -0.3 is 9.42 Å². The minimum absolute atomic E-state index is 0.0484. The van der Waals surface area contributed by atoms with E-state index in [9.17, 15) is 14.0 Å². The maximum absolute atomic E-state index is 13.4. The third-order valence-electron chi connectivity index (χ3n) is 7.22. The molecule has 2 amide bonds. The average molecular weight is 413 g/mol. The normalized spacial score (nSPS) is 26.0. The summed E-state index contributed by atoms with van der Waals surface area (Å²) in [5, 5.41) is 5.11. The van der Waals surface area contributed by atoms with E-state index >= 15 is 0 Å². The van der Waals surface area contributed by atoms with Crippen molar-refractivity contribution in [2.24, 2.45) is 11.8 Å². The molecule has 1 saturated carbocycles. The minimum Gasteiger partial charge on any atom is -0.356 e. The Bertz CT molecular complexity index is 926. The van der Waals surface area contributed by atoms with Gasteiger partial charge in [-0.1, -0.05) is 18.0 Å². The third-order valence-corrected chi connectivity index (χ3v) is 7.22. The first-order valence-corrected chi connectivity index (χ1v) is 11.2. The fourth-order valence-corrected chi connectivity index (χ4v) is 5.56. The molecule has 3 fully saturated rings. The molecule has 3 aliphatic rings. The van der Waals surface area contributed by atoms with Crippen molar-refractivity contribution in [3.63, 3.8) is 0 Å². The van der Waals surface area contributed by atoms with E-state index in [1.54, 1.807) is 6.07 Å². The molecular formula is C23H28FN3O3. The Morgan fingerprint density at radius 3 is 2.40 bits per heavy atom. The number of carbonyl (C=O) groups is 2. The number of hydrogen-bond donors (Lipinski definition) is 0. The molecule has 0 N–H and O–H groups in total. The molecule has 5 rings (SSSR count). The van der Waals surface area contributed by atoms with Gasteiger partial charge in [0.1, 0.15) is 5.82 Å². The van der Waals surface area contributed by atoms with Crippen molar-refractivity contribution in [3.05, 3.63) is 29.7 Å². The highest BCUT2D eigenvalue weighted by Gasteiger charge is 2.47. The van der Waals surface area contributed by atoms with Crippen molar-refractivity contribution in [1.29, 1.82) is 0 Å². The third kappa shape index (κ3) is 3.53. The van der Waals surface area contributed by atoms with E-state index in [1.807, 2.05) is 0 Å². The topological polar surface area (TPSA) is 66.7 Å². The van der Waals surface area contributed by atoms with E-state index in [-0.39, 0.29) is 29.5 Å².